The van der Waals surface area contributed by atoms with Crippen LogP contribution in [0.4, 0.5) is 0 Å². The molecule has 0 spiro atoms. The summed E-state index contributed by atoms with van der Waals surface area (Å²) in [5.74, 6) is -0.0569. The summed E-state index contributed by atoms with van der Waals surface area (Å²) in [5.41, 5.74) is 0. The molecule has 0 bridgehead atoms. The molecule has 0 radical (unpaired) electrons. The van der Waals surface area contributed by atoms with Gasteiger partial charge >= 0.3 is 5.97 Å². The smallest absolute Gasteiger partial charge is 0.305 e. The largest absolute Gasteiger partial charge is 0.466 e. The number of allylic oxidation sites excluding steroid dienone is 5. The molecule has 1 amide bonds. The van der Waals surface area contributed by atoms with E-state index < -0.39 is 12.1 Å². The van der Waals surface area contributed by atoms with Gasteiger partial charge in [-0.05, 0) is 83.5 Å². The number of nitrogens with one attached hydrogen (secondary N) is 1. The summed E-state index contributed by atoms with van der Waals surface area (Å²) in [4.78, 5) is 24.6. The normalized spacial score (nSPS) is 12.7. The fourth-order valence-electron chi connectivity index (χ4n) is 11.0. The highest BCUT2D eigenvalue weighted by atomic mass is 16.5. The summed E-state index contributed by atoms with van der Waals surface area (Å²) in [7, 11) is 0. The van der Waals surface area contributed by atoms with Gasteiger partial charge in [-0.2, -0.15) is 0 Å². The van der Waals surface area contributed by atoms with E-state index in [4.69, 9.17) is 4.74 Å². The molecular weight excluding hydrogens is 959 g/mol. The number of esters is 1. The van der Waals surface area contributed by atoms with Crippen LogP contribution in [0.1, 0.15) is 386 Å². The second kappa shape index (κ2) is 67.6. The Bertz CT molecular complexity index is 1260. The third-order valence-corrected chi connectivity index (χ3v) is 16.4. The number of amides is 1. The lowest BCUT2D eigenvalue weighted by molar-refractivity contribution is -0.143. The van der Waals surface area contributed by atoms with E-state index in [0.717, 1.165) is 44.9 Å². The van der Waals surface area contributed by atoms with Crippen molar-refractivity contribution in [2.24, 2.45) is 0 Å². The summed E-state index contributed by atoms with van der Waals surface area (Å²) < 4.78 is 5.49. The van der Waals surface area contributed by atoms with Crippen molar-refractivity contribution in [3.63, 3.8) is 0 Å². The first-order chi connectivity index (χ1) is 38.5. The highest BCUT2D eigenvalue weighted by Gasteiger charge is 2.18. The van der Waals surface area contributed by atoms with Crippen molar-refractivity contribution in [2.45, 2.75) is 398 Å². The minimum atomic E-state index is -0.845. The number of aliphatic hydroxyl groups excluding tert-OH is 2. The van der Waals surface area contributed by atoms with E-state index in [-0.39, 0.29) is 18.5 Å². The second-order valence-corrected chi connectivity index (χ2v) is 24.2. The molecule has 0 saturated carbocycles. The van der Waals surface area contributed by atoms with Crippen LogP contribution in [0.3, 0.4) is 0 Å². The van der Waals surface area contributed by atoms with Crippen LogP contribution in [0.15, 0.2) is 36.5 Å². The van der Waals surface area contributed by atoms with Gasteiger partial charge in [-0.3, -0.25) is 9.59 Å². The van der Waals surface area contributed by atoms with Crippen LogP contribution in [0, 0.1) is 0 Å². The average Bonchev–Trinajstić information content (AvgIpc) is 3.44. The van der Waals surface area contributed by atoms with Crippen molar-refractivity contribution >= 4 is 11.9 Å². The van der Waals surface area contributed by atoms with E-state index in [0.29, 0.717) is 19.4 Å². The summed E-state index contributed by atoms with van der Waals surface area (Å²) in [6.07, 6.45) is 86.5. The zero-order valence-corrected chi connectivity index (χ0v) is 52.7. The molecular formula is C72H137NO5. The van der Waals surface area contributed by atoms with E-state index in [1.165, 1.54) is 315 Å². The zero-order valence-electron chi connectivity index (χ0n) is 52.7. The van der Waals surface area contributed by atoms with Gasteiger partial charge in [0, 0.05) is 12.8 Å². The standard InChI is InChI=1S/C72H137NO5/c1-3-5-7-9-11-13-15-17-19-33-36-40-44-48-52-56-60-64-70(75)69(68-74)73-71(76)65-61-57-53-49-45-41-37-34-31-29-27-25-23-21-22-24-26-28-30-32-35-39-43-47-51-55-59-63-67-78-72(77)66-62-58-54-50-46-42-38-20-18-16-14-12-10-8-6-4-2/h20-22,38,60,64,69-70,74-75H,3-19,23-37,39-59,61-63,65-68H2,1-2H3,(H,73,76)/b22-21-,38-20-,64-60+. The number of aliphatic hydroxyl groups is 2. The number of ether oxygens (including phenoxy) is 1. The number of rotatable bonds is 66. The Morgan fingerprint density at radius 1 is 0.346 bits per heavy atom. The topological polar surface area (TPSA) is 95.9 Å². The molecule has 6 heteroatoms. The van der Waals surface area contributed by atoms with E-state index in [2.05, 4.69) is 43.5 Å². The maximum absolute atomic E-state index is 12.5. The molecule has 2 atom stereocenters. The molecule has 0 heterocycles. The van der Waals surface area contributed by atoms with Crippen LogP contribution in [-0.2, 0) is 14.3 Å². The summed E-state index contributed by atoms with van der Waals surface area (Å²) >= 11 is 0. The number of hydrogen-bond acceptors (Lipinski definition) is 5. The van der Waals surface area contributed by atoms with Gasteiger partial charge < -0.3 is 20.3 Å². The fourth-order valence-corrected chi connectivity index (χ4v) is 11.0. The number of carbonyl (C=O) groups excluding carboxylic acids is 2. The van der Waals surface area contributed by atoms with Crippen molar-refractivity contribution in [2.75, 3.05) is 13.2 Å². The van der Waals surface area contributed by atoms with Gasteiger partial charge in [0.15, 0.2) is 0 Å². The third kappa shape index (κ3) is 63.3. The predicted molar refractivity (Wildman–Crippen MR) is 343 cm³/mol. The third-order valence-electron chi connectivity index (χ3n) is 16.4. The second-order valence-electron chi connectivity index (χ2n) is 24.2. The van der Waals surface area contributed by atoms with E-state index in [9.17, 15) is 19.8 Å². The molecule has 0 fully saturated rings. The van der Waals surface area contributed by atoms with Crippen molar-refractivity contribution in [3.8, 4) is 0 Å². The quantitative estimate of drug-likeness (QED) is 0.0320. The minimum absolute atomic E-state index is 0.00849. The fraction of sp³-hybridized carbons (Fsp3) is 0.889. The molecule has 0 aromatic carbocycles. The SMILES string of the molecule is CCCCCCCCC/C=C\CCCCCCCC(=O)OCCCCCCCCCCCCCC/C=C\CCCCCCCCCCCCCCC(=O)NC(CO)C(O)/C=C/CCCCCCCCCCCCCCCCC. The maximum Gasteiger partial charge on any atom is 0.305 e. The van der Waals surface area contributed by atoms with E-state index in [1.807, 2.05) is 6.08 Å². The average molecular weight is 1100 g/mol. The maximum atomic E-state index is 12.5. The van der Waals surface area contributed by atoms with Crippen molar-refractivity contribution in [3.05, 3.63) is 36.5 Å². The molecule has 2 unspecified atom stereocenters. The van der Waals surface area contributed by atoms with Gasteiger partial charge in [0.2, 0.25) is 5.91 Å². The van der Waals surface area contributed by atoms with Gasteiger partial charge in [0.1, 0.15) is 0 Å². The first-order valence-electron chi connectivity index (χ1n) is 35.3. The van der Waals surface area contributed by atoms with Gasteiger partial charge in [-0.1, -0.05) is 326 Å². The van der Waals surface area contributed by atoms with Gasteiger partial charge in [-0.25, -0.2) is 0 Å². The Kier molecular flexibility index (Phi) is 65.9. The number of unbranched alkanes of at least 4 members (excludes halogenated alkanes) is 51. The Hall–Kier alpha value is -1.92. The minimum Gasteiger partial charge on any atom is -0.466 e. The van der Waals surface area contributed by atoms with Crippen molar-refractivity contribution in [1.29, 1.82) is 0 Å². The molecule has 78 heavy (non-hydrogen) atoms. The highest BCUT2D eigenvalue weighted by Crippen LogP contribution is 2.18. The summed E-state index contributed by atoms with van der Waals surface area (Å²) in [6.45, 7) is 4.93. The van der Waals surface area contributed by atoms with Crippen LogP contribution in [0.2, 0.25) is 0 Å². The molecule has 6 nitrogen and oxygen atoms in total. The number of carbonyl (C=O) groups is 2. The predicted octanol–water partition coefficient (Wildman–Crippen LogP) is 22.7. The Morgan fingerprint density at radius 3 is 0.910 bits per heavy atom. The van der Waals surface area contributed by atoms with E-state index in [1.54, 1.807) is 6.08 Å². The van der Waals surface area contributed by atoms with Gasteiger partial charge in [0.05, 0.1) is 25.4 Å². The van der Waals surface area contributed by atoms with Gasteiger partial charge in [0.25, 0.3) is 0 Å². The van der Waals surface area contributed by atoms with Crippen LogP contribution in [0.5, 0.6) is 0 Å². The summed E-state index contributed by atoms with van der Waals surface area (Å²) in [5, 5.41) is 23.2. The molecule has 460 valence electrons. The first kappa shape index (κ1) is 76.1. The lowest BCUT2D eigenvalue weighted by Gasteiger charge is -2.20. The first-order valence-corrected chi connectivity index (χ1v) is 35.3. The lowest BCUT2D eigenvalue weighted by Crippen LogP contribution is -2.45. The van der Waals surface area contributed by atoms with Crippen LogP contribution in [-0.4, -0.2) is 47.4 Å². The van der Waals surface area contributed by atoms with Crippen molar-refractivity contribution < 1.29 is 24.5 Å². The van der Waals surface area contributed by atoms with Crippen LogP contribution >= 0.6 is 0 Å². The molecule has 0 aliphatic heterocycles. The Morgan fingerprint density at radius 2 is 0.603 bits per heavy atom. The van der Waals surface area contributed by atoms with Crippen LogP contribution < -0.4 is 5.32 Å². The molecule has 3 N–H and O–H groups in total. The summed E-state index contributed by atoms with van der Waals surface area (Å²) in [6, 6.07) is -0.628. The monoisotopic (exact) mass is 1100 g/mol. The number of hydrogen-bond donors (Lipinski definition) is 3. The molecule has 0 aromatic rings. The Balaban J connectivity index is 3.39. The van der Waals surface area contributed by atoms with Crippen molar-refractivity contribution in [1.82, 2.24) is 5.32 Å². The van der Waals surface area contributed by atoms with E-state index >= 15 is 0 Å². The lowest BCUT2D eigenvalue weighted by atomic mass is 10.0. The van der Waals surface area contributed by atoms with Crippen LogP contribution in [0.25, 0.3) is 0 Å². The van der Waals surface area contributed by atoms with Gasteiger partial charge in [-0.15, -0.1) is 0 Å². The highest BCUT2D eigenvalue weighted by molar-refractivity contribution is 5.76. The molecule has 0 aliphatic carbocycles. The molecule has 0 aromatic heterocycles. The molecule has 0 saturated heterocycles. The molecule has 0 aliphatic rings. The Labute approximate surface area is 487 Å². The zero-order chi connectivity index (χ0) is 56.4. The molecule has 0 rings (SSSR count).